The van der Waals surface area contributed by atoms with Crippen molar-refractivity contribution in [3.8, 4) is 28.7 Å². The zero-order valence-electron chi connectivity index (χ0n) is 18.5. The zero-order valence-corrected chi connectivity index (χ0v) is 18.5. The molecule has 2 aromatic carbocycles. The number of rotatable bonds is 6. The van der Waals surface area contributed by atoms with Crippen LogP contribution in [0.2, 0.25) is 0 Å². The van der Waals surface area contributed by atoms with Crippen LogP contribution in [0.1, 0.15) is 31.8 Å². The van der Waals surface area contributed by atoms with Gasteiger partial charge in [0.25, 0.3) is 0 Å². The van der Waals surface area contributed by atoms with Crippen molar-refractivity contribution in [1.29, 1.82) is 0 Å². The Morgan fingerprint density at radius 2 is 1.76 bits per heavy atom. The Labute approximate surface area is 190 Å². The number of esters is 1. The highest BCUT2D eigenvalue weighted by atomic mass is 16.5. The Morgan fingerprint density at radius 3 is 2.36 bits per heavy atom. The SMILES string of the molecule is COc1cc(/C=C2\Oc3cc(OC(=O)c4cccnc4)cc(C)c3C2=O)cc(OC)c1OC. The summed E-state index contributed by atoms with van der Waals surface area (Å²) in [6.45, 7) is 1.75. The van der Waals surface area contributed by atoms with Crippen molar-refractivity contribution in [3.63, 3.8) is 0 Å². The number of aromatic nitrogens is 1. The molecule has 0 saturated heterocycles. The first kappa shape index (κ1) is 21.9. The molecule has 0 N–H and O–H groups in total. The Morgan fingerprint density at radius 1 is 1.03 bits per heavy atom. The van der Waals surface area contributed by atoms with Gasteiger partial charge in [-0.15, -0.1) is 0 Å². The van der Waals surface area contributed by atoms with Crippen molar-refractivity contribution in [2.24, 2.45) is 0 Å². The highest BCUT2D eigenvalue weighted by molar-refractivity contribution is 6.15. The summed E-state index contributed by atoms with van der Waals surface area (Å²) in [7, 11) is 4.54. The molecule has 0 unspecified atom stereocenters. The third kappa shape index (κ3) is 4.23. The molecule has 2 heterocycles. The van der Waals surface area contributed by atoms with E-state index in [1.165, 1.54) is 33.6 Å². The van der Waals surface area contributed by atoms with Crippen LogP contribution in [0.3, 0.4) is 0 Å². The molecule has 1 aliphatic rings. The van der Waals surface area contributed by atoms with E-state index in [9.17, 15) is 9.59 Å². The number of nitrogens with zero attached hydrogens (tertiary/aromatic N) is 1. The molecule has 0 amide bonds. The number of hydrogen-bond donors (Lipinski definition) is 0. The van der Waals surface area contributed by atoms with Gasteiger partial charge in [-0.2, -0.15) is 0 Å². The topological polar surface area (TPSA) is 93.2 Å². The highest BCUT2D eigenvalue weighted by Crippen LogP contribution is 2.41. The normalized spacial score (nSPS) is 13.3. The third-order valence-electron chi connectivity index (χ3n) is 5.04. The van der Waals surface area contributed by atoms with E-state index in [4.69, 9.17) is 23.7 Å². The standard InChI is InChI=1S/C25H21NO7/c1-14-8-17(32-25(28)16-6-5-7-26-13-16)12-18-22(14)23(27)19(33-18)9-15-10-20(29-2)24(31-4)21(11-15)30-3/h5-13H,1-4H3/b19-9-. The lowest BCUT2D eigenvalue weighted by Gasteiger charge is -2.13. The first-order chi connectivity index (χ1) is 15.9. The average Bonchev–Trinajstić information content (AvgIpc) is 3.13. The van der Waals surface area contributed by atoms with E-state index in [0.29, 0.717) is 45.3 Å². The summed E-state index contributed by atoms with van der Waals surface area (Å²) in [4.78, 5) is 29.3. The maximum atomic E-state index is 13.0. The van der Waals surface area contributed by atoms with E-state index in [-0.39, 0.29) is 17.3 Å². The minimum absolute atomic E-state index is 0.123. The second-order valence-corrected chi connectivity index (χ2v) is 7.14. The molecular weight excluding hydrogens is 426 g/mol. The van der Waals surface area contributed by atoms with Gasteiger partial charge in [0.05, 0.1) is 32.5 Å². The number of allylic oxidation sites excluding steroid dienone is 1. The maximum absolute atomic E-state index is 13.0. The number of ether oxygens (including phenoxy) is 5. The number of benzene rings is 2. The zero-order chi connectivity index (χ0) is 23.5. The van der Waals surface area contributed by atoms with Crippen molar-refractivity contribution in [3.05, 3.63) is 76.8 Å². The number of pyridine rings is 1. The Kier molecular flexibility index (Phi) is 5.99. The predicted octanol–water partition coefficient (Wildman–Crippen LogP) is 4.25. The van der Waals surface area contributed by atoms with Gasteiger partial charge in [-0.1, -0.05) is 0 Å². The molecule has 0 fully saturated rings. The molecule has 0 radical (unpaired) electrons. The Bertz CT molecular complexity index is 1240. The number of fused-ring (bicyclic) bond motifs is 1. The molecule has 0 saturated carbocycles. The van der Waals surface area contributed by atoms with E-state index in [1.807, 2.05) is 0 Å². The van der Waals surface area contributed by atoms with E-state index >= 15 is 0 Å². The van der Waals surface area contributed by atoms with Crippen molar-refractivity contribution < 1.29 is 33.3 Å². The monoisotopic (exact) mass is 447 g/mol. The molecule has 3 aromatic rings. The van der Waals surface area contributed by atoms with Crippen LogP contribution in [0.4, 0.5) is 0 Å². The summed E-state index contributed by atoms with van der Waals surface area (Å²) < 4.78 is 27.3. The largest absolute Gasteiger partial charge is 0.493 e. The lowest BCUT2D eigenvalue weighted by atomic mass is 10.0. The van der Waals surface area contributed by atoms with Gasteiger partial charge < -0.3 is 23.7 Å². The second kappa shape index (κ2) is 9.04. The van der Waals surface area contributed by atoms with Crippen LogP contribution in [0.5, 0.6) is 28.7 Å². The number of methoxy groups -OCH3 is 3. The number of ketones is 1. The van der Waals surface area contributed by atoms with Crippen LogP contribution >= 0.6 is 0 Å². The molecule has 168 valence electrons. The molecule has 0 spiro atoms. The molecule has 0 bridgehead atoms. The van der Waals surface area contributed by atoms with Crippen molar-refractivity contribution in [2.45, 2.75) is 6.92 Å². The minimum atomic E-state index is -0.556. The lowest BCUT2D eigenvalue weighted by molar-refractivity contribution is 0.0734. The minimum Gasteiger partial charge on any atom is -0.493 e. The van der Waals surface area contributed by atoms with Crippen molar-refractivity contribution in [2.75, 3.05) is 21.3 Å². The second-order valence-electron chi connectivity index (χ2n) is 7.14. The molecule has 8 heteroatoms. The van der Waals surface area contributed by atoms with Crippen molar-refractivity contribution >= 4 is 17.8 Å². The smallest absolute Gasteiger partial charge is 0.345 e. The van der Waals surface area contributed by atoms with E-state index in [0.717, 1.165) is 0 Å². The summed E-state index contributed by atoms with van der Waals surface area (Å²) >= 11 is 0. The van der Waals surface area contributed by atoms with Crippen molar-refractivity contribution in [1.82, 2.24) is 4.98 Å². The molecule has 0 aliphatic carbocycles. The highest BCUT2D eigenvalue weighted by Gasteiger charge is 2.30. The summed E-state index contributed by atoms with van der Waals surface area (Å²) in [5.74, 6) is 1.22. The van der Waals surface area contributed by atoms with E-state index in [2.05, 4.69) is 4.98 Å². The molecule has 1 aliphatic heterocycles. The first-order valence-corrected chi connectivity index (χ1v) is 9.96. The first-order valence-electron chi connectivity index (χ1n) is 9.96. The van der Waals surface area contributed by atoms with E-state index in [1.54, 1.807) is 49.5 Å². The summed E-state index contributed by atoms with van der Waals surface area (Å²) in [5.41, 5.74) is 1.98. The maximum Gasteiger partial charge on any atom is 0.345 e. The molecule has 4 rings (SSSR count). The quantitative estimate of drug-likeness (QED) is 0.315. The van der Waals surface area contributed by atoms with Gasteiger partial charge in [0, 0.05) is 18.5 Å². The lowest BCUT2D eigenvalue weighted by Crippen LogP contribution is -2.09. The van der Waals surface area contributed by atoms with Gasteiger partial charge >= 0.3 is 5.97 Å². The fraction of sp³-hybridized carbons (Fsp3) is 0.160. The fourth-order valence-electron chi connectivity index (χ4n) is 3.52. The van der Waals surface area contributed by atoms with Crippen LogP contribution in [0.15, 0.2) is 54.6 Å². The number of hydrogen-bond acceptors (Lipinski definition) is 8. The van der Waals surface area contributed by atoms with Gasteiger partial charge in [-0.3, -0.25) is 9.78 Å². The van der Waals surface area contributed by atoms with Crippen LogP contribution in [-0.2, 0) is 0 Å². The van der Waals surface area contributed by atoms with Gasteiger partial charge in [0.2, 0.25) is 11.5 Å². The number of carbonyl (C=O) groups is 2. The summed E-state index contributed by atoms with van der Waals surface area (Å²) in [6, 6.07) is 9.81. The summed E-state index contributed by atoms with van der Waals surface area (Å²) in [6.07, 6.45) is 4.58. The number of Topliss-reactive ketones (excluding diaryl/α,β-unsaturated/α-hetero) is 1. The summed E-state index contributed by atoms with van der Waals surface area (Å²) in [5, 5.41) is 0. The number of carbonyl (C=O) groups excluding carboxylic acids is 2. The molecule has 33 heavy (non-hydrogen) atoms. The average molecular weight is 447 g/mol. The molecule has 0 atom stereocenters. The number of aryl methyl sites for hydroxylation is 1. The van der Waals surface area contributed by atoms with E-state index < -0.39 is 5.97 Å². The molecular formula is C25H21NO7. The van der Waals surface area contributed by atoms with Gasteiger partial charge in [-0.05, 0) is 54.5 Å². The Balaban J connectivity index is 1.64. The Hall–Kier alpha value is -4.33. The predicted molar refractivity (Wildman–Crippen MR) is 119 cm³/mol. The molecule has 1 aromatic heterocycles. The van der Waals surface area contributed by atoms with Gasteiger partial charge in [0.1, 0.15) is 11.5 Å². The van der Waals surface area contributed by atoms with Crippen LogP contribution < -0.4 is 23.7 Å². The van der Waals surface area contributed by atoms with Crippen LogP contribution in [0.25, 0.3) is 6.08 Å². The van der Waals surface area contributed by atoms with Crippen LogP contribution in [0, 0.1) is 6.92 Å². The third-order valence-corrected chi connectivity index (χ3v) is 5.04. The fourth-order valence-corrected chi connectivity index (χ4v) is 3.52. The van der Waals surface area contributed by atoms with Gasteiger partial charge in [0.15, 0.2) is 17.3 Å². The van der Waals surface area contributed by atoms with Gasteiger partial charge in [-0.25, -0.2) is 4.79 Å². The van der Waals surface area contributed by atoms with Crippen LogP contribution in [-0.4, -0.2) is 38.1 Å². The molecule has 8 nitrogen and oxygen atoms in total.